The summed E-state index contributed by atoms with van der Waals surface area (Å²) >= 11 is 6.97. The molecule has 2 rings (SSSR count). The van der Waals surface area contributed by atoms with Crippen LogP contribution in [0.5, 0.6) is 5.75 Å². The maximum absolute atomic E-state index is 5.70. The Morgan fingerprint density at radius 3 is 2.67 bits per heavy atom. The van der Waals surface area contributed by atoms with Crippen molar-refractivity contribution in [2.75, 3.05) is 13.2 Å². The molecule has 2 nitrogen and oxygen atoms in total. The number of ether oxygens (including phenoxy) is 2. The minimum Gasteiger partial charge on any atom is -0.489 e. The van der Waals surface area contributed by atoms with Crippen molar-refractivity contribution in [3.05, 3.63) is 26.6 Å². The molecule has 1 aliphatic heterocycles. The van der Waals surface area contributed by atoms with Gasteiger partial charge in [-0.15, -0.1) is 0 Å². The quantitative estimate of drug-likeness (QED) is 0.786. The molecule has 1 fully saturated rings. The van der Waals surface area contributed by atoms with Gasteiger partial charge < -0.3 is 9.47 Å². The van der Waals surface area contributed by atoms with Crippen LogP contribution in [0, 0.1) is 6.92 Å². The second-order valence-electron chi connectivity index (χ2n) is 4.06. The van der Waals surface area contributed by atoms with Crippen molar-refractivity contribution >= 4 is 31.9 Å². The number of hydrogen-bond acceptors (Lipinski definition) is 2. The summed E-state index contributed by atoms with van der Waals surface area (Å²) in [5.74, 6) is 0.851. The van der Waals surface area contributed by atoms with Crippen molar-refractivity contribution in [2.45, 2.75) is 19.4 Å². The average molecular weight is 336 g/mol. The van der Waals surface area contributed by atoms with Gasteiger partial charge in [0.25, 0.3) is 0 Å². The van der Waals surface area contributed by atoms with Crippen LogP contribution in [-0.2, 0) is 4.74 Å². The summed E-state index contributed by atoms with van der Waals surface area (Å²) in [6.45, 7) is 5.48. The van der Waals surface area contributed by atoms with E-state index in [0.717, 1.165) is 21.3 Å². The van der Waals surface area contributed by atoms with Gasteiger partial charge >= 0.3 is 0 Å². The summed E-state index contributed by atoms with van der Waals surface area (Å²) < 4.78 is 13.0. The lowest BCUT2D eigenvalue weighted by Crippen LogP contribution is -2.17. The molecule has 0 spiro atoms. The van der Waals surface area contributed by atoms with Crippen LogP contribution < -0.4 is 4.74 Å². The lowest BCUT2D eigenvalue weighted by atomic mass is 10.2. The van der Waals surface area contributed by atoms with Crippen molar-refractivity contribution < 1.29 is 9.47 Å². The molecule has 1 aliphatic rings. The summed E-state index contributed by atoms with van der Waals surface area (Å²) in [6.07, 6.45) is 0. The lowest BCUT2D eigenvalue weighted by Gasteiger charge is -2.11. The van der Waals surface area contributed by atoms with Crippen LogP contribution in [0.25, 0.3) is 0 Å². The largest absolute Gasteiger partial charge is 0.489 e. The summed E-state index contributed by atoms with van der Waals surface area (Å²) in [7, 11) is 0. The fraction of sp³-hybridized carbons (Fsp3) is 0.455. The Kier molecular flexibility index (Phi) is 3.10. The summed E-state index contributed by atoms with van der Waals surface area (Å²) in [5.41, 5.74) is 1.11. The summed E-state index contributed by atoms with van der Waals surface area (Å²) in [4.78, 5) is 0. The topological polar surface area (TPSA) is 21.8 Å². The molecule has 4 heteroatoms. The minimum absolute atomic E-state index is 0.0726. The van der Waals surface area contributed by atoms with E-state index in [0.29, 0.717) is 6.61 Å². The first-order valence-corrected chi connectivity index (χ1v) is 6.31. The van der Waals surface area contributed by atoms with Gasteiger partial charge in [-0.2, -0.15) is 0 Å². The number of rotatable bonds is 3. The van der Waals surface area contributed by atoms with Crippen LogP contribution in [0.1, 0.15) is 12.5 Å². The molecule has 1 atom stereocenters. The standard InChI is InChI=1S/C11H12Br2O2/c1-7-3-9(13)10(4-8(7)12)14-5-11(2)6-15-11/h3-4H,5-6H2,1-2H3. The molecule has 0 aromatic heterocycles. The second kappa shape index (κ2) is 4.07. The molecule has 15 heavy (non-hydrogen) atoms. The Bertz CT molecular complexity index is 386. The van der Waals surface area contributed by atoms with E-state index in [-0.39, 0.29) is 5.60 Å². The van der Waals surface area contributed by atoms with Gasteiger partial charge in [-0.25, -0.2) is 0 Å². The van der Waals surface area contributed by atoms with Crippen LogP contribution >= 0.6 is 31.9 Å². The normalized spacial score (nSPS) is 24.0. The monoisotopic (exact) mass is 334 g/mol. The highest BCUT2D eigenvalue weighted by molar-refractivity contribution is 9.11. The molecule has 0 amide bonds. The Balaban J connectivity index is 2.10. The van der Waals surface area contributed by atoms with Crippen LogP contribution in [0.4, 0.5) is 0 Å². The van der Waals surface area contributed by atoms with Crippen molar-refractivity contribution in [2.24, 2.45) is 0 Å². The molecule has 1 unspecified atom stereocenters. The highest BCUT2D eigenvalue weighted by atomic mass is 79.9. The van der Waals surface area contributed by atoms with Crippen molar-refractivity contribution in [1.82, 2.24) is 0 Å². The predicted molar refractivity (Wildman–Crippen MR) is 66.4 cm³/mol. The molecule has 0 N–H and O–H groups in total. The van der Waals surface area contributed by atoms with Crippen molar-refractivity contribution in [3.63, 3.8) is 0 Å². The van der Waals surface area contributed by atoms with Gasteiger partial charge in [-0.05, 0) is 47.5 Å². The maximum Gasteiger partial charge on any atom is 0.134 e. The molecule has 0 radical (unpaired) electrons. The smallest absolute Gasteiger partial charge is 0.134 e. The third-order valence-electron chi connectivity index (χ3n) is 2.38. The van der Waals surface area contributed by atoms with E-state index in [1.165, 1.54) is 5.56 Å². The number of halogens is 2. The first-order valence-electron chi connectivity index (χ1n) is 4.73. The van der Waals surface area contributed by atoms with E-state index in [2.05, 4.69) is 31.9 Å². The summed E-state index contributed by atoms with van der Waals surface area (Å²) in [6, 6.07) is 4.01. The molecular weight excluding hydrogens is 324 g/mol. The molecule has 1 heterocycles. The van der Waals surface area contributed by atoms with Gasteiger partial charge in [-0.3, -0.25) is 0 Å². The number of epoxide rings is 1. The second-order valence-corrected chi connectivity index (χ2v) is 5.77. The average Bonchev–Trinajstić information content (AvgIpc) is 2.89. The third-order valence-corrected chi connectivity index (χ3v) is 3.86. The molecule has 0 aliphatic carbocycles. The number of benzene rings is 1. The van der Waals surface area contributed by atoms with E-state index in [1.807, 2.05) is 26.0 Å². The van der Waals surface area contributed by atoms with Crippen LogP contribution in [0.2, 0.25) is 0 Å². The van der Waals surface area contributed by atoms with Crippen molar-refractivity contribution in [3.8, 4) is 5.75 Å². The Morgan fingerprint density at radius 1 is 1.40 bits per heavy atom. The zero-order valence-electron chi connectivity index (χ0n) is 8.64. The Morgan fingerprint density at radius 2 is 2.07 bits per heavy atom. The van der Waals surface area contributed by atoms with Crippen LogP contribution in [0.15, 0.2) is 21.1 Å². The van der Waals surface area contributed by atoms with E-state index >= 15 is 0 Å². The van der Waals surface area contributed by atoms with Crippen LogP contribution in [-0.4, -0.2) is 18.8 Å². The van der Waals surface area contributed by atoms with E-state index in [9.17, 15) is 0 Å². The molecule has 0 saturated carbocycles. The molecule has 1 saturated heterocycles. The molecule has 0 bridgehead atoms. The predicted octanol–water partition coefficient (Wildman–Crippen LogP) is 3.69. The van der Waals surface area contributed by atoms with Gasteiger partial charge in [0.2, 0.25) is 0 Å². The molecule has 82 valence electrons. The highest BCUT2D eigenvalue weighted by Gasteiger charge is 2.40. The van der Waals surface area contributed by atoms with Gasteiger partial charge in [-0.1, -0.05) is 15.9 Å². The first kappa shape index (κ1) is 11.4. The zero-order chi connectivity index (χ0) is 11.1. The first-order chi connectivity index (χ1) is 7.00. The Labute approximate surface area is 106 Å². The minimum atomic E-state index is -0.0726. The third kappa shape index (κ3) is 2.74. The number of aryl methyl sites for hydroxylation is 1. The highest BCUT2D eigenvalue weighted by Crippen LogP contribution is 2.33. The molecule has 1 aromatic rings. The van der Waals surface area contributed by atoms with Crippen molar-refractivity contribution in [1.29, 1.82) is 0 Å². The molecule has 1 aromatic carbocycles. The van der Waals surface area contributed by atoms with Gasteiger partial charge in [0, 0.05) is 4.47 Å². The number of hydrogen-bond donors (Lipinski definition) is 0. The fourth-order valence-corrected chi connectivity index (χ4v) is 2.07. The SMILES string of the molecule is Cc1cc(Br)c(OCC2(C)CO2)cc1Br. The Hall–Kier alpha value is -0.0600. The molecular formula is C11H12Br2O2. The van der Waals surface area contributed by atoms with Gasteiger partial charge in [0.1, 0.15) is 18.0 Å². The van der Waals surface area contributed by atoms with Crippen LogP contribution in [0.3, 0.4) is 0 Å². The fourth-order valence-electron chi connectivity index (χ4n) is 1.18. The van der Waals surface area contributed by atoms with Gasteiger partial charge in [0.15, 0.2) is 0 Å². The van der Waals surface area contributed by atoms with E-state index in [4.69, 9.17) is 9.47 Å². The van der Waals surface area contributed by atoms with E-state index < -0.39 is 0 Å². The van der Waals surface area contributed by atoms with Gasteiger partial charge in [0.05, 0.1) is 11.1 Å². The van der Waals surface area contributed by atoms with E-state index in [1.54, 1.807) is 0 Å². The maximum atomic E-state index is 5.70. The summed E-state index contributed by atoms with van der Waals surface area (Å²) in [5, 5.41) is 0. The lowest BCUT2D eigenvalue weighted by molar-refractivity contribution is 0.201. The zero-order valence-corrected chi connectivity index (χ0v) is 11.8.